The first-order valence-electron chi connectivity index (χ1n) is 6.14. The van der Waals surface area contributed by atoms with Gasteiger partial charge in [-0.25, -0.2) is 0 Å². The van der Waals surface area contributed by atoms with Crippen LogP contribution in [0.2, 0.25) is 0 Å². The van der Waals surface area contributed by atoms with E-state index in [2.05, 4.69) is 39.5 Å². The van der Waals surface area contributed by atoms with Crippen molar-refractivity contribution in [2.24, 2.45) is 17.3 Å². The first-order valence-corrected chi connectivity index (χ1v) is 6.14. The van der Waals surface area contributed by atoms with Crippen LogP contribution >= 0.6 is 0 Å². The number of hydrogen-bond acceptors (Lipinski definition) is 2. The van der Waals surface area contributed by atoms with Gasteiger partial charge in [-0.05, 0) is 25.7 Å². The third-order valence-corrected chi connectivity index (χ3v) is 3.93. The van der Waals surface area contributed by atoms with E-state index in [1.807, 2.05) is 0 Å². The van der Waals surface area contributed by atoms with E-state index in [9.17, 15) is 10.2 Å². The van der Waals surface area contributed by atoms with Crippen LogP contribution in [-0.2, 0) is 0 Å². The summed E-state index contributed by atoms with van der Waals surface area (Å²) in [5.41, 5.74) is -1.15. The maximum Gasteiger partial charge on any atom is 0.133 e. The number of aliphatic hydroxyl groups is 2. The topological polar surface area (TPSA) is 40.5 Å². The first-order chi connectivity index (χ1) is 7.21. The maximum absolute atomic E-state index is 10.8. The number of aliphatic hydroxyl groups excluding tert-OH is 1. The van der Waals surface area contributed by atoms with Gasteiger partial charge in [-0.15, -0.1) is 0 Å². The Morgan fingerprint density at radius 2 is 1.81 bits per heavy atom. The highest BCUT2D eigenvalue weighted by atomic mass is 16.3. The van der Waals surface area contributed by atoms with E-state index in [0.29, 0.717) is 5.92 Å². The fraction of sp³-hybridized carbons (Fsp3) is 0.857. The van der Waals surface area contributed by atoms with Crippen LogP contribution in [0, 0.1) is 29.1 Å². The summed E-state index contributed by atoms with van der Waals surface area (Å²) in [5, 5.41) is 20.1. The molecule has 0 aliphatic heterocycles. The number of rotatable bonds is 1. The summed E-state index contributed by atoms with van der Waals surface area (Å²) in [6.07, 6.45) is 1.32. The molecular formula is C14H24O2. The van der Waals surface area contributed by atoms with Crippen molar-refractivity contribution in [1.82, 2.24) is 0 Å². The van der Waals surface area contributed by atoms with Crippen molar-refractivity contribution in [2.75, 3.05) is 0 Å². The van der Waals surface area contributed by atoms with E-state index in [1.54, 1.807) is 6.92 Å². The molecule has 3 unspecified atom stereocenters. The van der Waals surface area contributed by atoms with Crippen molar-refractivity contribution in [3.8, 4) is 11.8 Å². The van der Waals surface area contributed by atoms with E-state index in [1.165, 1.54) is 0 Å². The average Bonchev–Trinajstić information content (AvgIpc) is 2.36. The zero-order valence-electron chi connectivity index (χ0n) is 11.0. The molecule has 1 fully saturated rings. The molecule has 1 rings (SSSR count). The Morgan fingerprint density at radius 3 is 2.25 bits per heavy atom. The molecule has 0 aromatic carbocycles. The van der Waals surface area contributed by atoms with Crippen LogP contribution < -0.4 is 0 Å². The quantitative estimate of drug-likeness (QED) is 0.670. The molecule has 1 aliphatic carbocycles. The molecule has 0 spiro atoms. The molecule has 16 heavy (non-hydrogen) atoms. The Hall–Kier alpha value is -0.520. The Bertz CT molecular complexity index is 306. The molecule has 0 aromatic rings. The Labute approximate surface area is 99.1 Å². The molecular weight excluding hydrogens is 200 g/mol. The van der Waals surface area contributed by atoms with Crippen LogP contribution in [0.5, 0.6) is 0 Å². The smallest absolute Gasteiger partial charge is 0.133 e. The van der Waals surface area contributed by atoms with Crippen molar-refractivity contribution >= 4 is 0 Å². The molecule has 0 radical (unpaired) electrons. The lowest BCUT2D eigenvalue weighted by Crippen LogP contribution is -2.45. The van der Waals surface area contributed by atoms with Gasteiger partial charge in [-0.2, -0.15) is 0 Å². The van der Waals surface area contributed by atoms with Crippen LogP contribution in [0.4, 0.5) is 0 Å². The van der Waals surface area contributed by atoms with Gasteiger partial charge in [-0.1, -0.05) is 39.5 Å². The second-order valence-corrected chi connectivity index (χ2v) is 5.98. The Morgan fingerprint density at radius 1 is 1.25 bits per heavy atom. The molecule has 2 heteroatoms. The molecule has 0 amide bonds. The van der Waals surface area contributed by atoms with Gasteiger partial charge in [0.1, 0.15) is 11.7 Å². The predicted molar refractivity (Wildman–Crippen MR) is 65.7 cm³/mol. The lowest BCUT2D eigenvalue weighted by molar-refractivity contribution is -0.0357. The second kappa shape index (κ2) is 4.39. The largest absolute Gasteiger partial charge is 0.381 e. The van der Waals surface area contributed by atoms with Gasteiger partial charge in [0.25, 0.3) is 0 Å². The van der Waals surface area contributed by atoms with Crippen LogP contribution in [0.1, 0.15) is 47.5 Å². The molecule has 92 valence electrons. The van der Waals surface area contributed by atoms with Crippen LogP contribution in [0.25, 0.3) is 0 Å². The minimum absolute atomic E-state index is 0.191. The van der Waals surface area contributed by atoms with E-state index < -0.39 is 11.7 Å². The highest BCUT2D eigenvalue weighted by Crippen LogP contribution is 2.51. The SMILES string of the molecule is CC(O)C#CC1(O)C(C(C)C)CCC1(C)C. The highest BCUT2D eigenvalue weighted by molar-refractivity contribution is 5.25. The van der Waals surface area contributed by atoms with Gasteiger partial charge in [0.15, 0.2) is 0 Å². The van der Waals surface area contributed by atoms with Crippen LogP contribution in [0.3, 0.4) is 0 Å². The summed E-state index contributed by atoms with van der Waals surface area (Å²) >= 11 is 0. The zero-order chi connectivity index (χ0) is 12.6. The van der Waals surface area contributed by atoms with Crippen molar-refractivity contribution in [3.05, 3.63) is 0 Å². The van der Waals surface area contributed by atoms with E-state index >= 15 is 0 Å². The van der Waals surface area contributed by atoms with Crippen molar-refractivity contribution in [3.63, 3.8) is 0 Å². The lowest BCUT2D eigenvalue weighted by Gasteiger charge is -2.38. The standard InChI is InChI=1S/C14H24O2/c1-10(2)12-7-8-13(4,5)14(12,16)9-6-11(3)15/h10-12,15-16H,7-8H2,1-5H3. The van der Waals surface area contributed by atoms with Crippen molar-refractivity contribution in [2.45, 2.75) is 59.2 Å². The molecule has 2 nitrogen and oxygen atoms in total. The first kappa shape index (κ1) is 13.5. The van der Waals surface area contributed by atoms with E-state index in [0.717, 1.165) is 12.8 Å². The van der Waals surface area contributed by atoms with Gasteiger partial charge in [0.2, 0.25) is 0 Å². The van der Waals surface area contributed by atoms with Gasteiger partial charge in [0.05, 0.1) is 0 Å². The van der Waals surface area contributed by atoms with Crippen molar-refractivity contribution in [1.29, 1.82) is 0 Å². The van der Waals surface area contributed by atoms with Crippen molar-refractivity contribution < 1.29 is 10.2 Å². The predicted octanol–water partition coefficient (Wildman–Crippen LogP) is 2.19. The van der Waals surface area contributed by atoms with Gasteiger partial charge in [0, 0.05) is 11.3 Å². The minimum atomic E-state index is -0.960. The average molecular weight is 224 g/mol. The molecule has 0 heterocycles. The highest BCUT2D eigenvalue weighted by Gasteiger charge is 2.54. The molecule has 1 aliphatic rings. The van der Waals surface area contributed by atoms with Gasteiger partial charge in [-0.3, -0.25) is 0 Å². The maximum atomic E-state index is 10.8. The van der Waals surface area contributed by atoms with Crippen LogP contribution in [-0.4, -0.2) is 21.9 Å². The third-order valence-electron chi connectivity index (χ3n) is 3.93. The fourth-order valence-electron chi connectivity index (χ4n) is 2.71. The molecule has 0 saturated heterocycles. The van der Waals surface area contributed by atoms with E-state index in [4.69, 9.17) is 0 Å². The summed E-state index contributed by atoms with van der Waals surface area (Å²) in [4.78, 5) is 0. The van der Waals surface area contributed by atoms with Crippen LogP contribution in [0.15, 0.2) is 0 Å². The summed E-state index contributed by atoms with van der Waals surface area (Å²) in [7, 11) is 0. The molecule has 2 N–H and O–H groups in total. The Balaban J connectivity index is 3.07. The summed E-state index contributed by atoms with van der Waals surface area (Å²) in [5.74, 6) is 6.27. The van der Waals surface area contributed by atoms with E-state index in [-0.39, 0.29) is 11.3 Å². The fourth-order valence-corrected chi connectivity index (χ4v) is 2.71. The van der Waals surface area contributed by atoms with Gasteiger partial charge >= 0.3 is 0 Å². The second-order valence-electron chi connectivity index (χ2n) is 5.98. The molecule has 0 aromatic heterocycles. The molecule has 0 bridgehead atoms. The summed E-state index contributed by atoms with van der Waals surface area (Å²) < 4.78 is 0. The Kier molecular flexibility index (Phi) is 3.72. The summed E-state index contributed by atoms with van der Waals surface area (Å²) in [6, 6.07) is 0. The zero-order valence-corrected chi connectivity index (χ0v) is 11.0. The van der Waals surface area contributed by atoms with Gasteiger partial charge < -0.3 is 10.2 Å². The third kappa shape index (κ3) is 2.26. The molecule has 1 saturated carbocycles. The minimum Gasteiger partial charge on any atom is -0.381 e. The number of hydrogen-bond donors (Lipinski definition) is 2. The lowest BCUT2D eigenvalue weighted by atomic mass is 9.71. The summed E-state index contributed by atoms with van der Waals surface area (Å²) in [6.45, 7) is 10.0. The molecule has 3 atom stereocenters. The monoisotopic (exact) mass is 224 g/mol. The normalized spacial score (nSPS) is 34.6.